The minimum Gasteiger partial charge on any atom is -0.480 e. The zero-order chi connectivity index (χ0) is 21.8. The summed E-state index contributed by atoms with van der Waals surface area (Å²) in [7, 11) is 0. The molecule has 0 radical (unpaired) electrons. The third-order valence-corrected chi connectivity index (χ3v) is 4.10. The van der Waals surface area contributed by atoms with Crippen molar-refractivity contribution in [2.75, 3.05) is 13.2 Å². The summed E-state index contributed by atoms with van der Waals surface area (Å²) in [6, 6.07) is 6.38. The van der Waals surface area contributed by atoms with E-state index in [0.717, 1.165) is 24.0 Å². The van der Waals surface area contributed by atoms with Crippen LogP contribution in [0.15, 0.2) is 78.2 Å². The molecule has 5 nitrogen and oxygen atoms in total. The van der Waals surface area contributed by atoms with Crippen molar-refractivity contribution in [3.05, 3.63) is 84.6 Å². The van der Waals surface area contributed by atoms with Crippen LogP contribution in [0, 0.1) is 5.82 Å². The summed E-state index contributed by atoms with van der Waals surface area (Å²) in [5, 5.41) is 3.43. The number of halogens is 2. The Morgan fingerprint density at radius 3 is 2.66 bits per heavy atom. The van der Waals surface area contributed by atoms with Crippen LogP contribution in [-0.4, -0.2) is 23.2 Å². The molecule has 0 atom stereocenters. The Balaban J connectivity index is 2.43. The molecule has 29 heavy (non-hydrogen) atoms. The normalized spacial score (nSPS) is 12.1. The van der Waals surface area contributed by atoms with Crippen LogP contribution in [0.2, 0.25) is 0 Å². The van der Waals surface area contributed by atoms with E-state index < -0.39 is 0 Å². The molecular formula is C22H30ClFN4O. The first-order valence-electron chi connectivity index (χ1n) is 9.30. The van der Waals surface area contributed by atoms with Gasteiger partial charge in [-0.25, -0.2) is 9.38 Å². The van der Waals surface area contributed by atoms with E-state index in [2.05, 4.69) is 30.0 Å². The Bertz CT molecular complexity index is 785. The van der Waals surface area contributed by atoms with Gasteiger partial charge in [0.15, 0.2) is 5.88 Å². The highest BCUT2D eigenvalue weighted by Crippen LogP contribution is 2.18. The zero-order valence-corrected chi connectivity index (χ0v) is 17.9. The van der Waals surface area contributed by atoms with Crippen LogP contribution < -0.4 is 11.1 Å². The molecule has 0 aliphatic carbocycles. The molecule has 0 saturated carbocycles. The second-order valence-electron chi connectivity index (χ2n) is 6.42. The minimum absolute atomic E-state index is 0.266. The number of aliphatic imine (C=N–C) groups is 1. The Morgan fingerprint density at radius 2 is 2.07 bits per heavy atom. The van der Waals surface area contributed by atoms with E-state index in [1.54, 1.807) is 19.2 Å². The lowest BCUT2D eigenvalue weighted by Crippen LogP contribution is -2.20. The van der Waals surface area contributed by atoms with Crippen molar-refractivity contribution in [2.24, 2.45) is 10.7 Å². The van der Waals surface area contributed by atoms with E-state index in [9.17, 15) is 4.39 Å². The van der Waals surface area contributed by atoms with Gasteiger partial charge in [0, 0.05) is 24.4 Å². The molecule has 0 aromatic heterocycles. The summed E-state index contributed by atoms with van der Waals surface area (Å²) in [5.74, 6) is 0.813. The van der Waals surface area contributed by atoms with Crippen LogP contribution in [0.25, 0.3) is 0 Å². The molecule has 0 saturated heterocycles. The van der Waals surface area contributed by atoms with Crippen LogP contribution in [0.5, 0.6) is 0 Å². The molecule has 7 heteroatoms. The van der Waals surface area contributed by atoms with E-state index in [0.29, 0.717) is 42.3 Å². The highest BCUT2D eigenvalue weighted by molar-refractivity contribution is 6.64. The highest BCUT2D eigenvalue weighted by Gasteiger charge is 2.11. The number of allylic oxidation sites excluding steroid dienone is 1. The fourth-order valence-corrected chi connectivity index (χ4v) is 2.49. The van der Waals surface area contributed by atoms with Crippen molar-refractivity contribution in [3.63, 3.8) is 0 Å². The molecule has 0 spiro atoms. The number of nitrogens with two attached hydrogens (primary N) is 1. The first-order valence-corrected chi connectivity index (χ1v) is 9.68. The lowest BCUT2D eigenvalue weighted by Gasteiger charge is -2.23. The molecule has 1 rings (SSSR count). The standard InChI is InChI=1S/C22H30ClFN4O/c1-6-28(22(27-18(4)23)16(2)17(3)25)12-7-8-13-29-19(5)26-15-20-10-9-11-21(24)14-20/h6,9-11,14,26H,1,3,5,7-8,12-13,15,25H2,2,4H3/b22-16+,27-18+. The van der Waals surface area contributed by atoms with Gasteiger partial charge in [-0.2, -0.15) is 0 Å². The minimum atomic E-state index is -0.266. The van der Waals surface area contributed by atoms with Gasteiger partial charge in [-0.1, -0.05) is 36.9 Å². The van der Waals surface area contributed by atoms with Crippen molar-refractivity contribution >= 4 is 16.8 Å². The fourth-order valence-electron chi connectivity index (χ4n) is 2.41. The summed E-state index contributed by atoms with van der Waals surface area (Å²) in [6.45, 7) is 16.6. The predicted octanol–water partition coefficient (Wildman–Crippen LogP) is 4.99. The number of hydrogen-bond donors (Lipinski definition) is 2. The highest BCUT2D eigenvalue weighted by atomic mass is 35.5. The van der Waals surface area contributed by atoms with Crippen LogP contribution >= 0.6 is 11.6 Å². The molecule has 0 unspecified atom stereocenters. The average molecular weight is 421 g/mol. The Morgan fingerprint density at radius 1 is 1.34 bits per heavy atom. The third-order valence-electron chi connectivity index (χ3n) is 4.02. The number of hydrogen-bond acceptors (Lipinski definition) is 5. The quantitative estimate of drug-likeness (QED) is 0.204. The summed E-state index contributed by atoms with van der Waals surface area (Å²) in [6.07, 6.45) is 3.31. The number of benzene rings is 1. The van der Waals surface area contributed by atoms with Gasteiger partial charge in [0.2, 0.25) is 0 Å². The maximum absolute atomic E-state index is 13.2. The third kappa shape index (κ3) is 9.34. The molecule has 3 N–H and O–H groups in total. The fraction of sp³-hybridized carbons (Fsp3) is 0.318. The first kappa shape index (κ1) is 24.3. The number of nitrogens with zero attached hydrogens (tertiary/aromatic N) is 2. The molecule has 0 amide bonds. The Kier molecular flexibility index (Phi) is 10.6. The van der Waals surface area contributed by atoms with Gasteiger partial charge in [-0.05, 0) is 57.2 Å². The van der Waals surface area contributed by atoms with Crippen molar-refractivity contribution in [1.29, 1.82) is 0 Å². The largest absolute Gasteiger partial charge is 0.480 e. The molecule has 158 valence electrons. The van der Waals surface area contributed by atoms with Gasteiger partial charge < -0.3 is 20.7 Å². The zero-order valence-electron chi connectivity index (χ0n) is 17.2. The van der Waals surface area contributed by atoms with Crippen molar-refractivity contribution in [3.8, 4) is 0 Å². The smallest absolute Gasteiger partial charge is 0.179 e. The number of unbranched alkanes of at least 4 members (excludes halogenated alkanes) is 1. The van der Waals surface area contributed by atoms with Crippen LogP contribution in [0.4, 0.5) is 4.39 Å². The van der Waals surface area contributed by atoms with Gasteiger partial charge in [-0.15, -0.1) is 0 Å². The van der Waals surface area contributed by atoms with E-state index in [1.807, 2.05) is 17.9 Å². The Hall–Kier alpha value is -2.73. The molecular weight excluding hydrogens is 391 g/mol. The van der Waals surface area contributed by atoms with Crippen molar-refractivity contribution in [2.45, 2.75) is 33.2 Å². The van der Waals surface area contributed by atoms with E-state index in [4.69, 9.17) is 22.1 Å². The number of rotatable bonds is 13. The van der Waals surface area contributed by atoms with Gasteiger partial charge >= 0.3 is 0 Å². The topological polar surface area (TPSA) is 62.9 Å². The molecule has 0 aliphatic rings. The summed E-state index contributed by atoms with van der Waals surface area (Å²) < 4.78 is 18.8. The number of nitrogens with one attached hydrogen (secondary N) is 1. The second-order valence-corrected chi connectivity index (χ2v) is 6.97. The van der Waals surface area contributed by atoms with Crippen molar-refractivity contribution < 1.29 is 9.13 Å². The van der Waals surface area contributed by atoms with Gasteiger partial charge in [0.25, 0.3) is 0 Å². The van der Waals surface area contributed by atoms with Gasteiger partial charge in [0.05, 0.1) is 6.61 Å². The average Bonchev–Trinajstić information content (AvgIpc) is 2.67. The SMILES string of the molecule is C=CN(CCCCOC(=C)NCc1cccc(F)c1)C(/N=C(\C)Cl)=C(\C)C(=C)N. The molecule has 0 fully saturated rings. The monoisotopic (exact) mass is 420 g/mol. The van der Waals surface area contributed by atoms with Gasteiger partial charge in [-0.3, -0.25) is 0 Å². The van der Waals surface area contributed by atoms with Crippen LogP contribution in [0.1, 0.15) is 32.3 Å². The lowest BCUT2D eigenvalue weighted by molar-refractivity contribution is 0.184. The number of ether oxygens (including phenoxy) is 1. The Labute approximate surface area is 178 Å². The molecule has 1 aromatic rings. The predicted molar refractivity (Wildman–Crippen MR) is 119 cm³/mol. The summed E-state index contributed by atoms with van der Waals surface area (Å²) in [4.78, 5) is 6.23. The molecule has 0 aliphatic heterocycles. The lowest BCUT2D eigenvalue weighted by atomic mass is 10.2. The van der Waals surface area contributed by atoms with Crippen molar-refractivity contribution in [1.82, 2.24) is 10.2 Å². The maximum atomic E-state index is 13.2. The van der Waals surface area contributed by atoms with E-state index in [1.165, 1.54) is 12.1 Å². The van der Waals surface area contributed by atoms with E-state index in [-0.39, 0.29) is 5.82 Å². The van der Waals surface area contributed by atoms with Crippen LogP contribution in [0.3, 0.4) is 0 Å². The maximum Gasteiger partial charge on any atom is 0.179 e. The molecule has 0 bridgehead atoms. The van der Waals surface area contributed by atoms with E-state index >= 15 is 0 Å². The molecule has 0 heterocycles. The second kappa shape index (κ2) is 12.7. The molecule has 1 aromatic carbocycles. The van der Waals surface area contributed by atoms with Crippen LogP contribution in [-0.2, 0) is 11.3 Å². The van der Waals surface area contributed by atoms with Gasteiger partial charge in [0.1, 0.15) is 16.8 Å². The summed E-state index contributed by atoms with van der Waals surface area (Å²) in [5.41, 5.74) is 7.81. The summed E-state index contributed by atoms with van der Waals surface area (Å²) >= 11 is 5.95. The first-order chi connectivity index (χ1) is 13.7.